The molecule has 1 atom stereocenters. The van der Waals surface area contributed by atoms with E-state index in [1.54, 1.807) is 30.2 Å². The molecular formula is C15H20N4O2. The molecule has 0 aliphatic heterocycles. The largest absolute Gasteiger partial charge is 0.462 e. The highest BCUT2D eigenvalue weighted by Crippen LogP contribution is 2.14. The molecular weight excluding hydrogens is 268 g/mol. The fourth-order valence-electron chi connectivity index (χ4n) is 2.07. The van der Waals surface area contributed by atoms with Crippen molar-refractivity contribution < 1.29 is 9.53 Å². The highest BCUT2D eigenvalue weighted by Gasteiger charge is 2.17. The number of hydrogen-bond acceptors (Lipinski definition) is 5. The molecule has 0 bridgehead atoms. The Balaban J connectivity index is 2.06. The summed E-state index contributed by atoms with van der Waals surface area (Å²) < 4.78 is 6.74. The number of hydrogen-bond donors (Lipinski definition) is 1. The standard InChI is InChI=1S/C15H20N4O2/c1-4-21-15(20)13-9-18-19(3)14(13)10-17-11(2)12-5-7-16-8-6-12/h5-9,11,17H,4,10H2,1-3H3/t11-/m1/s1. The lowest BCUT2D eigenvalue weighted by Gasteiger charge is -2.14. The van der Waals surface area contributed by atoms with Gasteiger partial charge in [0.15, 0.2) is 0 Å². The summed E-state index contributed by atoms with van der Waals surface area (Å²) in [6.45, 7) is 4.75. The highest BCUT2D eigenvalue weighted by atomic mass is 16.5. The van der Waals surface area contributed by atoms with E-state index in [-0.39, 0.29) is 12.0 Å². The van der Waals surface area contributed by atoms with E-state index in [1.807, 2.05) is 19.2 Å². The molecule has 0 aliphatic carbocycles. The van der Waals surface area contributed by atoms with Gasteiger partial charge in [0.05, 0.1) is 18.5 Å². The first-order valence-electron chi connectivity index (χ1n) is 6.94. The Morgan fingerprint density at radius 2 is 2.14 bits per heavy atom. The summed E-state index contributed by atoms with van der Waals surface area (Å²) >= 11 is 0. The van der Waals surface area contributed by atoms with E-state index in [9.17, 15) is 4.79 Å². The lowest BCUT2D eigenvalue weighted by Crippen LogP contribution is -2.21. The maximum atomic E-state index is 11.9. The number of carbonyl (C=O) groups is 1. The molecule has 0 saturated heterocycles. The van der Waals surface area contributed by atoms with Gasteiger partial charge in [0.25, 0.3) is 0 Å². The molecule has 2 aromatic heterocycles. The third-order valence-corrected chi connectivity index (χ3v) is 3.34. The highest BCUT2D eigenvalue weighted by molar-refractivity contribution is 5.90. The van der Waals surface area contributed by atoms with Crippen LogP contribution in [0.25, 0.3) is 0 Å². The molecule has 2 heterocycles. The van der Waals surface area contributed by atoms with Gasteiger partial charge >= 0.3 is 5.97 Å². The first kappa shape index (κ1) is 15.2. The monoisotopic (exact) mass is 288 g/mol. The predicted molar refractivity (Wildman–Crippen MR) is 78.7 cm³/mol. The Morgan fingerprint density at radius 3 is 2.81 bits per heavy atom. The van der Waals surface area contributed by atoms with Gasteiger partial charge in [0.1, 0.15) is 5.56 Å². The van der Waals surface area contributed by atoms with Crippen LogP contribution in [0.4, 0.5) is 0 Å². The normalized spacial score (nSPS) is 12.1. The minimum atomic E-state index is -0.334. The van der Waals surface area contributed by atoms with Gasteiger partial charge in [-0.3, -0.25) is 9.67 Å². The number of carbonyl (C=O) groups excluding carboxylic acids is 1. The van der Waals surface area contributed by atoms with Crippen LogP contribution in [0.1, 0.15) is 41.5 Å². The van der Waals surface area contributed by atoms with Crippen LogP contribution in [-0.2, 0) is 18.3 Å². The van der Waals surface area contributed by atoms with E-state index in [2.05, 4.69) is 22.3 Å². The van der Waals surface area contributed by atoms with Crippen molar-refractivity contribution in [2.75, 3.05) is 6.61 Å². The lowest BCUT2D eigenvalue weighted by molar-refractivity contribution is 0.0524. The Morgan fingerprint density at radius 1 is 1.43 bits per heavy atom. The van der Waals surface area contributed by atoms with Crippen molar-refractivity contribution >= 4 is 5.97 Å². The van der Waals surface area contributed by atoms with E-state index in [1.165, 1.54) is 0 Å². The molecule has 0 fully saturated rings. The molecule has 0 amide bonds. The van der Waals surface area contributed by atoms with E-state index < -0.39 is 0 Å². The van der Waals surface area contributed by atoms with E-state index in [4.69, 9.17) is 4.74 Å². The molecule has 0 unspecified atom stereocenters. The second kappa shape index (κ2) is 6.99. The molecule has 0 aromatic carbocycles. The summed E-state index contributed by atoms with van der Waals surface area (Å²) in [4.78, 5) is 15.9. The maximum Gasteiger partial charge on any atom is 0.341 e. The molecule has 0 aliphatic rings. The summed E-state index contributed by atoms with van der Waals surface area (Å²) in [7, 11) is 1.82. The van der Waals surface area contributed by atoms with Crippen molar-refractivity contribution in [2.24, 2.45) is 7.05 Å². The topological polar surface area (TPSA) is 69.0 Å². The summed E-state index contributed by atoms with van der Waals surface area (Å²) in [5.41, 5.74) is 2.47. The average Bonchev–Trinajstić information content (AvgIpc) is 2.87. The molecule has 6 nitrogen and oxygen atoms in total. The number of nitrogens with one attached hydrogen (secondary N) is 1. The van der Waals surface area contributed by atoms with Crippen LogP contribution in [-0.4, -0.2) is 27.3 Å². The molecule has 6 heteroatoms. The number of nitrogens with zero attached hydrogens (tertiary/aromatic N) is 3. The van der Waals surface area contributed by atoms with Crippen LogP contribution in [0.2, 0.25) is 0 Å². The van der Waals surface area contributed by atoms with Gasteiger partial charge in [-0.15, -0.1) is 0 Å². The molecule has 0 spiro atoms. The van der Waals surface area contributed by atoms with Gasteiger partial charge < -0.3 is 10.1 Å². The number of esters is 1. The van der Waals surface area contributed by atoms with Crippen LogP contribution in [0, 0.1) is 0 Å². The first-order valence-corrected chi connectivity index (χ1v) is 6.94. The Kier molecular flexibility index (Phi) is 5.05. The van der Waals surface area contributed by atoms with Gasteiger partial charge in [0.2, 0.25) is 0 Å². The summed E-state index contributed by atoms with van der Waals surface area (Å²) in [5, 5.41) is 7.52. The smallest absolute Gasteiger partial charge is 0.341 e. The van der Waals surface area contributed by atoms with Crippen molar-refractivity contribution in [1.29, 1.82) is 0 Å². The SMILES string of the molecule is CCOC(=O)c1cnn(C)c1CN[C@H](C)c1ccncc1. The number of aryl methyl sites for hydroxylation is 1. The second-order valence-electron chi connectivity index (χ2n) is 4.73. The predicted octanol–water partition coefficient (Wildman–Crippen LogP) is 1.84. The fraction of sp³-hybridized carbons (Fsp3) is 0.400. The van der Waals surface area contributed by atoms with Crippen LogP contribution < -0.4 is 5.32 Å². The van der Waals surface area contributed by atoms with Crippen molar-refractivity contribution in [1.82, 2.24) is 20.1 Å². The molecule has 2 rings (SSSR count). The first-order chi connectivity index (χ1) is 10.1. The molecule has 1 N–H and O–H groups in total. The van der Waals surface area contributed by atoms with Gasteiger partial charge in [-0.2, -0.15) is 5.10 Å². The zero-order valence-corrected chi connectivity index (χ0v) is 12.5. The summed E-state index contributed by atoms with van der Waals surface area (Å²) in [6, 6.07) is 4.08. The second-order valence-corrected chi connectivity index (χ2v) is 4.73. The van der Waals surface area contributed by atoms with Crippen LogP contribution >= 0.6 is 0 Å². The van der Waals surface area contributed by atoms with Crippen molar-refractivity contribution in [3.8, 4) is 0 Å². The Labute approximate surface area is 124 Å². The van der Waals surface area contributed by atoms with E-state index in [0.717, 1.165) is 11.3 Å². The lowest BCUT2D eigenvalue weighted by atomic mass is 10.1. The van der Waals surface area contributed by atoms with E-state index >= 15 is 0 Å². The molecule has 21 heavy (non-hydrogen) atoms. The average molecular weight is 288 g/mol. The summed E-state index contributed by atoms with van der Waals surface area (Å²) in [6.07, 6.45) is 5.08. The summed E-state index contributed by atoms with van der Waals surface area (Å²) in [5.74, 6) is -0.334. The minimum Gasteiger partial charge on any atom is -0.462 e. The minimum absolute atomic E-state index is 0.151. The van der Waals surface area contributed by atoms with Crippen LogP contribution in [0.3, 0.4) is 0 Å². The van der Waals surface area contributed by atoms with Crippen LogP contribution in [0.15, 0.2) is 30.7 Å². The quantitative estimate of drug-likeness (QED) is 0.821. The zero-order valence-electron chi connectivity index (χ0n) is 12.5. The van der Waals surface area contributed by atoms with Gasteiger partial charge in [-0.25, -0.2) is 4.79 Å². The molecule has 2 aromatic rings. The molecule has 0 radical (unpaired) electrons. The number of pyridine rings is 1. The van der Waals surface area contributed by atoms with Gasteiger partial charge in [0, 0.05) is 32.0 Å². The fourth-order valence-corrected chi connectivity index (χ4v) is 2.07. The third-order valence-electron chi connectivity index (χ3n) is 3.34. The Hall–Kier alpha value is -2.21. The number of ether oxygens (including phenoxy) is 1. The number of aromatic nitrogens is 3. The van der Waals surface area contributed by atoms with Crippen molar-refractivity contribution in [3.05, 3.63) is 47.5 Å². The van der Waals surface area contributed by atoms with Crippen molar-refractivity contribution in [3.63, 3.8) is 0 Å². The molecule has 112 valence electrons. The van der Waals surface area contributed by atoms with Crippen molar-refractivity contribution in [2.45, 2.75) is 26.4 Å². The number of rotatable bonds is 6. The third kappa shape index (κ3) is 3.66. The zero-order chi connectivity index (χ0) is 15.2. The molecule has 0 saturated carbocycles. The van der Waals surface area contributed by atoms with Gasteiger partial charge in [-0.1, -0.05) is 0 Å². The van der Waals surface area contributed by atoms with Gasteiger partial charge in [-0.05, 0) is 31.5 Å². The maximum absolute atomic E-state index is 11.9. The Bertz CT molecular complexity index is 595. The van der Waals surface area contributed by atoms with Crippen LogP contribution in [0.5, 0.6) is 0 Å². The van der Waals surface area contributed by atoms with E-state index in [0.29, 0.717) is 18.7 Å².